The summed E-state index contributed by atoms with van der Waals surface area (Å²) in [5.41, 5.74) is 2.93. The first-order valence-corrected chi connectivity index (χ1v) is 6.31. The summed E-state index contributed by atoms with van der Waals surface area (Å²) in [5, 5.41) is 8.61. The van der Waals surface area contributed by atoms with Gasteiger partial charge < -0.3 is 9.84 Å². The Hall–Kier alpha value is -2.55. The van der Waals surface area contributed by atoms with Crippen LogP contribution in [0.4, 0.5) is 0 Å². The van der Waals surface area contributed by atoms with E-state index in [1.807, 2.05) is 56.3 Å². The van der Waals surface area contributed by atoms with Crippen LogP contribution in [0, 0.1) is 13.8 Å². The molecule has 0 atom stereocenters. The molecule has 0 fully saturated rings. The van der Waals surface area contributed by atoms with Crippen LogP contribution < -0.4 is 4.74 Å². The van der Waals surface area contributed by atoms with Crippen molar-refractivity contribution >= 4 is 12.0 Å². The van der Waals surface area contributed by atoms with E-state index in [4.69, 9.17) is 9.84 Å². The maximum absolute atomic E-state index is 10.5. The van der Waals surface area contributed by atoms with Crippen molar-refractivity contribution < 1.29 is 14.6 Å². The minimum Gasteiger partial charge on any atom is -0.478 e. The van der Waals surface area contributed by atoms with E-state index >= 15 is 0 Å². The van der Waals surface area contributed by atoms with Crippen LogP contribution in [0.3, 0.4) is 0 Å². The highest BCUT2D eigenvalue weighted by Crippen LogP contribution is 2.26. The Balaban J connectivity index is 2.20. The van der Waals surface area contributed by atoms with Gasteiger partial charge in [0.05, 0.1) is 0 Å². The van der Waals surface area contributed by atoms with Crippen LogP contribution in [0.2, 0.25) is 0 Å². The zero-order chi connectivity index (χ0) is 14.5. The van der Waals surface area contributed by atoms with E-state index in [2.05, 4.69) is 0 Å². The molecular formula is C17H16O3. The normalized spacial score (nSPS) is 10.7. The molecule has 2 rings (SSSR count). The molecule has 0 heterocycles. The van der Waals surface area contributed by atoms with Crippen molar-refractivity contribution in [2.75, 3.05) is 0 Å². The summed E-state index contributed by atoms with van der Waals surface area (Å²) in [6.45, 7) is 3.95. The molecule has 2 aromatic carbocycles. The number of carboxylic acids is 1. The third kappa shape index (κ3) is 3.72. The first-order chi connectivity index (χ1) is 9.54. The Morgan fingerprint density at radius 2 is 1.95 bits per heavy atom. The van der Waals surface area contributed by atoms with Gasteiger partial charge in [0.25, 0.3) is 0 Å². The van der Waals surface area contributed by atoms with Crippen molar-refractivity contribution in [1.29, 1.82) is 0 Å². The fourth-order valence-corrected chi connectivity index (χ4v) is 1.86. The Kier molecular flexibility index (Phi) is 4.20. The van der Waals surface area contributed by atoms with Gasteiger partial charge in [-0.25, -0.2) is 4.79 Å². The number of hydrogen-bond donors (Lipinski definition) is 1. The van der Waals surface area contributed by atoms with Gasteiger partial charge in [0.2, 0.25) is 0 Å². The highest BCUT2D eigenvalue weighted by molar-refractivity contribution is 5.85. The molecule has 0 bridgehead atoms. The maximum atomic E-state index is 10.5. The largest absolute Gasteiger partial charge is 0.478 e. The van der Waals surface area contributed by atoms with Crippen molar-refractivity contribution in [3.8, 4) is 11.5 Å². The van der Waals surface area contributed by atoms with E-state index in [-0.39, 0.29) is 0 Å². The molecule has 2 aromatic rings. The second-order valence-corrected chi connectivity index (χ2v) is 4.62. The van der Waals surface area contributed by atoms with Crippen LogP contribution in [-0.2, 0) is 4.79 Å². The first kappa shape index (κ1) is 13.9. The summed E-state index contributed by atoms with van der Waals surface area (Å²) in [7, 11) is 0. The first-order valence-electron chi connectivity index (χ1n) is 6.31. The highest BCUT2D eigenvalue weighted by atomic mass is 16.5. The van der Waals surface area contributed by atoms with Crippen LogP contribution in [-0.4, -0.2) is 11.1 Å². The zero-order valence-corrected chi connectivity index (χ0v) is 11.5. The van der Waals surface area contributed by atoms with Gasteiger partial charge in [-0.3, -0.25) is 0 Å². The number of hydrogen-bond acceptors (Lipinski definition) is 2. The minimum absolute atomic E-state index is 0.767. The molecule has 0 aromatic heterocycles. The van der Waals surface area contributed by atoms with Crippen LogP contribution in [0.25, 0.3) is 6.08 Å². The number of aliphatic carboxylic acids is 1. The predicted octanol–water partition coefficient (Wildman–Crippen LogP) is 4.19. The molecule has 0 saturated carbocycles. The van der Waals surface area contributed by atoms with E-state index in [0.717, 1.165) is 34.3 Å². The standard InChI is InChI=1S/C17H16O3/c1-12-4-3-5-15(10-12)20-16-8-6-14(11-13(16)2)7-9-17(18)19/h3-11H,1-2H3,(H,18,19). The number of rotatable bonds is 4. The molecule has 0 aliphatic rings. The second-order valence-electron chi connectivity index (χ2n) is 4.62. The van der Waals surface area contributed by atoms with E-state index in [9.17, 15) is 4.79 Å². The van der Waals surface area contributed by atoms with Crippen LogP contribution in [0.15, 0.2) is 48.5 Å². The number of benzene rings is 2. The van der Waals surface area contributed by atoms with Crippen LogP contribution in [0.5, 0.6) is 11.5 Å². The van der Waals surface area contributed by atoms with E-state index < -0.39 is 5.97 Å². The Morgan fingerprint density at radius 1 is 1.15 bits per heavy atom. The molecule has 102 valence electrons. The van der Waals surface area contributed by atoms with Gasteiger partial charge in [-0.2, -0.15) is 0 Å². The summed E-state index contributed by atoms with van der Waals surface area (Å²) in [6.07, 6.45) is 2.68. The lowest BCUT2D eigenvalue weighted by Gasteiger charge is -2.09. The third-order valence-corrected chi connectivity index (χ3v) is 2.83. The summed E-state index contributed by atoms with van der Waals surface area (Å²) in [5.74, 6) is 0.604. The fourth-order valence-electron chi connectivity index (χ4n) is 1.86. The summed E-state index contributed by atoms with van der Waals surface area (Å²) >= 11 is 0. The quantitative estimate of drug-likeness (QED) is 0.845. The molecule has 0 aliphatic heterocycles. The van der Waals surface area contributed by atoms with Gasteiger partial charge in [-0.15, -0.1) is 0 Å². The van der Waals surface area contributed by atoms with Gasteiger partial charge >= 0.3 is 5.97 Å². The average molecular weight is 268 g/mol. The van der Waals surface area contributed by atoms with E-state index in [1.165, 1.54) is 0 Å². The summed E-state index contributed by atoms with van der Waals surface area (Å²) in [6, 6.07) is 13.4. The minimum atomic E-state index is -0.956. The van der Waals surface area contributed by atoms with Gasteiger partial charge in [-0.05, 0) is 60.9 Å². The predicted molar refractivity (Wildman–Crippen MR) is 79.1 cm³/mol. The molecule has 20 heavy (non-hydrogen) atoms. The molecule has 0 radical (unpaired) electrons. The monoisotopic (exact) mass is 268 g/mol. The van der Waals surface area contributed by atoms with Crippen molar-refractivity contribution in [1.82, 2.24) is 0 Å². The number of aryl methyl sites for hydroxylation is 2. The van der Waals surface area contributed by atoms with Gasteiger partial charge in [0, 0.05) is 6.08 Å². The molecule has 1 N–H and O–H groups in total. The van der Waals surface area contributed by atoms with Crippen molar-refractivity contribution in [2.24, 2.45) is 0 Å². The van der Waals surface area contributed by atoms with Crippen LogP contribution >= 0.6 is 0 Å². The van der Waals surface area contributed by atoms with Gasteiger partial charge in [0.1, 0.15) is 11.5 Å². The molecule has 3 nitrogen and oxygen atoms in total. The Bertz CT molecular complexity index is 657. The lowest BCUT2D eigenvalue weighted by Crippen LogP contribution is -1.89. The van der Waals surface area contributed by atoms with Gasteiger partial charge in [0.15, 0.2) is 0 Å². The molecule has 0 aliphatic carbocycles. The number of carboxylic acid groups (broad SMARTS) is 1. The summed E-state index contributed by atoms with van der Waals surface area (Å²) in [4.78, 5) is 10.5. The lowest BCUT2D eigenvalue weighted by atomic mass is 10.1. The van der Waals surface area contributed by atoms with Crippen LogP contribution in [0.1, 0.15) is 16.7 Å². The Labute approximate surface area is 118 Å². The molecular weight excluding hydrogens is 252 g/mol. The number of ether oxygens (including phenoxy) is 1. The SMILES string of the molecule is Cc1cccc(Oc2ccc(C=CC(=O)O)cc2C)c1. The second kappa shape index (κ2) is 6.06. The van der Waals surface area contributed by atoms with Gasteiger partial charge in [-0.1, -0.05) is 18.2 Å². The van der Waals surface area contributed by atoms with E-state index in [0.29, 0.717) is 0 Å². The lowest BCUT2D eigenvalue weighted by molar-refractivity contribution is -0.131. The van der Waals surface area contributed by atoms with E-state index in [1.54, 1.807) is 6.08 Å². The molecule has 0 saturated heterocycles. The third-order valence-electron chi connectivity index (χ3n) is 2.83. The zero-order valence-electron chi connectivity index (χ0n) is 11.5. The smallest absolute Gasteiger partial charge is 0.328 e. The maximum Gasteiger partial charge on any atom is 0.328 e. The average Bonchev–Trinajstić information content (AvgIpc) is 2.39. The number of carbonyl (C=O) groups is 1. The molecule has 0 unspecified atom stereocenters. The van der Waals surface area contributed by atoms with Crippen molar-refractivity contribution in [3.63, 3.8) is 0 Å². The Morgan fingerprint density at radius 3 is 2.60 bits per heavy atom. The molecule has 3 heteroatoms. The van der Waals surface area contributed by atoms with Crippen molar-refractivity contribution in [2.45, 2.75) is 13.8 Å². The molecule has 0 spiro atoms. The highest BCUT2D eigenvalue weighted by Gasteiger charge is 2.02. The summed E-state index contributed by atoms with van der Waals surface area (Å²) < 4.78 is 5.83. The molecule has 0 amide bonds. The fraction of sp³-hybridized carbons (Fsp3) is 0.118. The van der Waals surface area contributed by atoms with Crippen molar-refractivity contribution in [3.05, 3.63) is 65.2 Å². The topological polar surface area (TPSA) is 46.5 Å².